The smallest absolute Gasteiger partial charge is 0.287 e. The van der Waals surface area contributed by atoms with Crippen LogP contribution in [0.5, 0.6) is 5.75 Å². The highest BCUT2D eigenvalue weighted by Gasteiger charge is 2.13. The summed E-state index contributed by atoms with van der Waals surface area (Å²) in [5.74, 6) is 0.835. The Morgan fingerprint density at radius 3 is 2.54 bits per heavy atom. The van der Waals surface area contributed by atoms with Crippen molar-refractivity contribution < 1.29 is 13.9 Å². The molecule has 1 heterocycles. The summed E-state index contributed by atoms with van der Waals surface area (Å²) >= 11 is 5.13. The van der Waals surface area contributed by atoms with E-state index in [1.54, 1.807) is 0 Å². The zero-order chi connectivity index (χ0) is 18.4. The van der Waals surface area contributed by atoms with Crippen LogP contribution >= 0.6 is 12.2 Å². The van der Waals surface area contributed by atoms with E-state index in [-0.39, 0.29) is 29.9 Å². The summed E-state index contributed by atoms with van der Waals surface area (Å²) in [4.78, 5) is 12.4. The Morgan fingerprint density at radius 1 is 1.19 bits per heavy atom. The Hall–Kier alpha value is -2.93. The van der Waals surface area contributed by atoms with Gasteiger partial charge in [-0.2, -0.15) is 0 Å². The minimum atomic E-state index is -0.193. The second-order valence-electron chi connectivity index (χ2n) is 5.72. The van der Waals surface area contributed by atoms with Crippen LogP contribution in [0.25, 0.3) is 0 Å². The molecule has 1 N–H and O–H groups in total. The van der Waals surface area contributed by atoms with Gasteiger partial charge in [-0.1, -0.05) is 48.5 Å². The van der Waals surface area contributed by atoms with Gasteiger partial charge in [0, 0.05) is 0 Å². The molecule has 0 saturated carbocycles. The molecular weight excluding hydrogens is 350 g/mol. The largest absolute Gasteiger partial charge is 0.484 e. The highest BCUT2D eigenvalue weighted by molar-refractivity contribution is 7.71. The summed E-state index contributed by atoms with van der Waals surface area (Å²) in [6.07, 6.45) is 0. The highest BCUT2D eigenvalue weighted by atomic mass is 32.1. The lowest BCUT2D eigenvalue weighted by Gasteiger charge is -2.13. The molecule has 1 amide bonds. The number of amides is 1. The quantitative estimate of drug-likeness (QED) is 0.644. The van der Waals surface area contributed by atoms with E-state index in [4.69, 9.17) is 21.4 Å². The molecule has 1 atom stereocenters. The van der Waals surface area contributed by atoms with Crippen molar-refractivity contribution in [2.75, 3.05) is 0 Å². The van der Waals surface area contributed by atoms with Crippen LogP contribution in [0, 0.1) is 4.84 Å². The van der Waals surface area contributed by atoms with Gasteiger partial charge in [-0.3, -0.25) is 4.79 Å². The Labute approximate surface area is 156 Å². The topological polar surface area (TPSA) is 69.3 Å². The molecule has 0 bridgehead atoms. The molecule has 0 aliphatic rings. The first-order valence-corrected chi connectivity index (χ1v) is 8.61. The number of benzene rings is 2. The molecule has 0 radical (unpaired) electrons. The second-order valence-corrected chi connectivity index (χ2v) is 6.07. The van der Waals surface area contributed by atoms with Crippen LogP contribution in [0.1, 0.15) is 24.4 Å². The van der Waals surface area contributed by atoms with Gasteiger partial charge in [0.15, 0.2) is 6.61 Å². The molecule has 0 spiro atoms. The van der Waals surface area contributed by atoms with Crippen LogP contribution in [-0.2, 0) is 17.9 Å². The molecule has 2 aromatic carbocycles. The molecule has 0 aliphatic carbocycles. The zero-order valence-corrected chi connectivity index (χ0v) is 15.1. The van der Waals surface area contributed by atoms with E-state index >= 15 is 0 Å². The van der Waals surface area contributed by atoms with Gasteiger partial charge < -0.3 is 14.5 Å². The highest BCUT2D eigenvalue weighted by Crippen LogP contribution is 2.12. The minimum absolute atomic E-state index is 0.00908. The third kappa shape index (κ3) is 4.80. The van der Waals surface area contributed by atoms with Crippen molar-refractivity contribution in [3.63, 3.8) is 0 Å². The summed E-state index contributed by atoms with van der Waals surface area (Å²) in [6, 6.07) is 19.0. The molecule has 0 unspecified atom stereocenters. The monoisotopic (exact) mass is 369 g/mol. The van der Waals surface area contributed by atoms with Gasteiger partial charge in [0.2, 0.25) is 5.91 Å². The number of hydrogen-bond acceptors (Lipinski definition) is 5. The number of carbonyl (C=O) groups is 1. The first-order valence-electron chi connectivity index (χ1n) is 8.21. The Bertz CT molecular complexity index is 907. The molecule has 26 heavy (non-hydrogen) atoms. The van der Waals surface area contributed by atoms with Gasteiger partial charge in [-0.15, -0.1) is 5.10 Å². The maximum Gasteiger partial charge on any atom is 0.287 e. The van der Waals surface area contributed by atoms with Gasteiger partial charge in [-0.25, -0.2) is 4.68 Å². The third-order valence-electron chi connectivity index (χ3n) is 3.72. The number of ether oxygens (including phenoxy) is 1. The Balaban J connectivity index is 1.57. The average Bonchev–Trinajstić information content (AvgIpc) is 3.01. The van der Waals surface area contributed by atoms with Gasteiger partial charge in [0.1, 0.15) is 12.3 Å². The van der Waals surface area contributed by atoms with E-state index in [2.05, 4.69) is 10.4 Å². The number of nitrogens with zero attached hydrogens (tertiary/aromatic N) is 2. The van der Waals surface area contributed by atoms with Gasteiger partial charge in [-0.05, 0) is 36.8 Å². The molecule has 1 aromatic heterocycles. The number of aromatic nitrogens is 2. The van der Waals surface area contributed by atoms with Crippen LogP contribution in [-0.4, -0.2) is 15.7 Å². The summed E-state index contributed by atoms with van der Waals surface area (Å²) in [5.41, 5.74) is 1.03. The number of carbonyl (C=O) groups excluding carboxylic acids is 1. The van der Waals surface area contributed by atoms with E-state index < -0.39 is 0 Å². The maximum atomic E-state index is 12.2. The number of para-hydroxylation sites is 1. The van der Waals surface area contributed by atoms with Crippen molar-refractivity contribution >= 4 is 18.1 Å². The number of nitrogens with one attached hydrogen (secondary N) is 1. The lowest BCUT2D eigenvalue weighted by molar-refractivity contribution is -0.122. The molecule has 7 heteroatoms. The molecule has 0 aliphatic heterocycles. The normalized spacial score (nSPS) is 11.7. The first kappa shape index (κ1) is 17.9. The molecule has 0 saturated heterocycles. The molecule has 134 valence electrons. The predicted octanol–water partition coefficient (Wildman–Crippen LogP) is 3.66. The maximum absolute atomic E-state index is 12.2. The van der Waals surface area contributed by atoms with E-state index in [9.17, 15) is 4.79 Å². The SMILES string of the molecule is C[C@@H](NC(=O)Cn1nc(COc2ccccc2)oc1=S)c1ccccc1. The fourth-order valence-electron chi connectivity index (χ4n) is 2.42. The Kier molecular flexibility index (Phi) is 5.80. The van der Waals surface area contributed by atoms with Crippen molar-refractivity contribution in [1.29, 1.82) is 0 Å². The molecule has 3 aromatic rings. The van der Waals surface area contributed by atoms with Crippen molar-refractivity contribution in [2.24, 2.45) is 0 Å². The lowest BCUT2D eigenvalue weighted by Crippen LogP contribution is -2.30. The summed E-state index contributed by atoms with van der Waals surface area (Å²) < 4.78 is 12.3. The summed E-state index contributed by atoms with van der Waals surface area (Å²) in [5, 5.41) is 7.12. The minimum Gasteiger partial charge on any atom is -0.484 e. The van der Waals surface area contributed by atoms with Crippen molar-refractivity contribution in [1.82, 2.24) is 15.1 Å². The third-order valence-corrected chi connectivity index (χ3v) is 4.02. The van der Waals surface area contributed by atoms with Crippen molar-refractivity contribution in [3.05, 3.63) is 77.0 Å². The van der Waals surface area contributed by atoms with E-state index in [1.165, 1.54) is 4.68 Å². The molecule has 3 rings (SSSR count). The van der Waals surface area contributed by atoms with E-state index in [0.29, 0.717) is 11.6 Å². The summed E-state index contributed by atoms with van der Waals surface area (Å²) in [6.45, 7) is 2.06. The summed E-state index contributed by atoms with van der Waals surface area (Å²) in [7, 11) is 0. The van der Waals surface area contributed by atoms with E-state index in [1.807, 2.05) is 67.6 Å². The van der Waals surface area contributed by atoms with Crippen LogP contribution in [0.2, 0.25) is 0 Å². The molecule has 6 nitrogen and oxygen atoms in total. The molecule has 0 fully saturated rings. The standard InChI is InChI=1S/C19H19N3O3S/c1-14(15-8-4-2-5-9-15)20-17(23)12-22-19(26)25-18(21-22)13-24-16-10-6-3-7-11-16/h2-11,14H,12-13H2,1H3,(H,20,23)/t14-/m1/s1. The molecular formula is C19H19N3O3S. The van der Waals surface area contributed by atoms with Gasteiger partial charge >= 0.3 is 0 Å². The fraction of sp³-hybridized carbons (Fsp3) is 0.211. The van der Waals surface area contributed by atoms with Crippen molar-refractivity contribution in [3.8, 4) is 5.75 Å². The zero-order valence-electron chi connectivity index (χ0n) is 14.3. The second kappa shape index (κ2) is 8.44. The van der Waals surface area contributed by atoms with Crippen LogP contribution in [0.3, 0.4) is 0 Å². The first-order chi connectivity index (χ1) is 12.6. The van der Waals surface area contributed by atoms with Gasteiger partial charge in [0.25, 0.3) is 10.7 Å². The fourth-order valence-corrected chi connectivity index (χ4v) is 2.62. The van der Waals surface area contributed by atoms with Crippen molar-refractivity contribution in [2.45, 2.75) is 26.1 Å². The van der Waals surface area contributed by atoms with Crippen LogP contribution in [0.15, 0.2) is 65.1 Å². The van der Waals surface area contributed by atoms with Crippen LogP contribution < -0.4 is 10.1 Å². The van der Waals surface area contributed by atoms with Crippen LogP contribution in [0.4, 0.5) is 0 Å². The average molecular weight is 369 g/mol. The van der Waals surface area contributed by atoms with E-state index in [0.717, 1.165) is 5.56 Å². The van der Waals surface area contributed by atoms with Gasteiger partial charge in [0.05, 0.1) is 6.04 Å². The Morgan fingerprint density at radius 2 is 1.85 bits per heavy atom. The number of rotatable bonds is 7. The predicted molar refractivity (Wildman–Crippen MR) is 99.1 cm³/mol. The lowest BCUT2D eigenvalue weighted by atomic mass is 10.1. The number of hydrogen-bond donors (Lipinski definition) is 1.